The third-order valence-electron chi connectivity index (χ3n) is 4.61. The van der Waals surface area contributed by atoms with E-state index in [-0.39, 0.29) is 0 Å². The lowest BCUT2D eigenvalue weighted by molar-refractivity contribution is 0.0154. The van der Waals surface area contributed by atoms with Crippen LogP contribution in [0.2, 0.25) is 0 Å². The van der Waals surface area contributed by atoms with Crippen LogP contribution in [0.15, 0.2) is 0 Å². The number of aromatic nitrogens is 3. The van der Waals surface area contributed by atoms with Gasteiger partial charge in [0, 0.05) is 6.04 Å². The summed E-state index contributed by atoms with van der Waals surface area (Å²) in [6.07, 6.45) is 9.16. The first-order valence-corrected chi connectivity index (χ1v) is 8.07. The topological polar surface area (TPSA) is 52.0 Å². The van der Waals surface area contributed by atoms with Crippen molar-refractivity contribution in [3.63, 3.8) is 0 Å². The van der Waals surface area contributed by atoms with E-state index in [1.165, 1.54) is 32.1 Å². The molecule has 0 unspecified atom stereocenters. The van der Waals surface area contributed by atoms with Gasteiger partial charge in [0.05, 0.1) is 6.10 Å². The zero-order chi connectivity index (χ0) is 13.8. The van der Waals surface area contributed by atoms with Crippen molar-refractivity contribution in [3.8, 4) is 0 Å². The molecule has 0 spiro atoms. The third kappa shape index (κ3) is 3.20. The van der Waals surface area contributed by atoms with Crippen LogP contribution in [0.5, 0.6) is 0 Å². The average molecular weight is 278 g/mol. The molecule has 2 heterocycles. The molecule has 1 N–H and O–H groups in total. The molecule has 1 aliphatic heterocycles. The van der Waals surface area contributed by atoms with Gasteiger partial charge in [-0.3, -0.25) is 0 Å². The maximum atomic E-state index is 6.05. The second-order valence-corrected chi connectivity index (χ2v) is 6.09. The van der Waals surface area contributed by atoms with Crippen molar-refractivity contribution in [2.75, 3.05) is 13.1 Å². The fourth-order valence-electron chi connectivity index (χ4n) is 3.48. The minimum Gasteiger partial charge on any atom is -0.370 e. The maximum absolute atomic E-state index is 6.05. The summed E-state index contributed by atoms with van der Waals surface area (Å²) >= 11 is 0. The Hall–Kier alpha value is -0.940. The number of rotatable bonds is 4. The summed E-state index contributed by atoms with van der Waals surface area (Å²) in [4.78, 5) is 0. The molecule has 1 saturated carbocycles. The summed E-state index contributed by atoms with van der Waals surface area (Å²) < 4.78 is 8.38. The molecule has 2 aliphatic rings. The van der Waals surface area contributed by atoms with Crippen molar-refractivity contribution >= 4 is 0 Å². The molecular weight excluding hydrogens is 252 g/mol. The Kier molecular flexibility index (Phi) is 4.68. The molecule has 5 heteroatoms. The van der Waals surface area contributed by atoms with Gasteiger partial charge in [-0.05, 0) is 45.7 Å². The number of hydrogen-bond acceptors (Lipinski definition) is 4. The van der Waals surface area contributed by atoms with Crippen molar-refractivity contribution in [2.45, 2.75) is 70.6 Å². The molecule has 2 fully saturated rings. The van der Waals surface area contributed by atoms with Crippen LogP contribution in [0.4, 0.5) is 0 Å². The van der Waals surface area contributed by atoms with Gasteiger partial charge < -0.3 is 14.6 Å². The molecule has 0 bridgehead atoms. The van der Waals surface area contributed by atoms with Gasteiger partial charge in [-0.2, -0.15) is 0 Å². The molecular formula is C15H26N4O. The minimum atomic E-state index is 0.382. The molecule has 5 nitrogen and oxygen atoms in total. The Morgan fingerprint density at radius 2 is 1.85 bits per heavy atom. The summed E-state index contributed by atoms with van der Waals surface area (Å²) in [6, 6.07) is 0.588. The number of hydrogen-bond donors (Lipinski definition) is 1. The Morgan fingerprint density at radius 3 is 2.60 bits per heavy atom. The standard InChI is InChI=1S/C15H26N4O/c1-12-17-18-15(11-20-14-7-9-16-10-8-14)19(12)13-5-3-2-4-6-13/h13-14,16H,2-11H2,1H3. The largest absolute Gasteiger partial charge is 0.370 e. The van der Waals surface area contributed by atoms with Gasteiger partial charge in [-0.1, -0.05) is 19.3 Å². The Balaban J connectivity index is 1.63. The number of piperidine rings is 1. The monoisotopic (exact) mass is 278 g/mol. The molecule has 112 valence electrons. The van der Waals surface area contributed by atoms with Gasteiger partial charge in [-0.15, -0.1) is 10.2 Å². The van der Waals surface area contributed by atoms with Crippen LogP contribution in [-0.2, 0) is 11.3 Å². The van der Waals surface area contributed by atoms with E-state index in [1.54, 1.807) is 0 Å². The van der Waals surface area contributed by atoms with E-state index in [2.05, 4.69) is 27.0 Å². The molecule has 0 amide bonds. The fourth-order valence-corrected chi connectivity index (χ4v) is 3.48. The summed E-state index contributed by atoms with van der Waals surface area (Å²) in [5, 5.41) is 12.0. The molecule has 1 aromatic heterocycles. The van der Waals surface area contributed by atoms with E-state index in [9.17, 15) is 0 Å². The van der Waals surface area contributed by atoms with Crippen LogP contribution >= 0.6 is 0 Å². The molecule has 1 aliphatic carbocycles. The lowest BCUT2D eigenvalue weighted by Crippen LogP contribution is -2.32. The fraction of sp³-hybridized carbons (Fsp3) is 0.867. The number of aryl methyl sites for hydroxylation is 1. The zero-order valence-electron chi connectivity index (χ0n) is 12.5. The lowest BCUT2D eigenvalue weighted by atomic mass is 9.95. The van der Waals surface area contributed by atoms with E-state index >= 15 is 0 Å². The highest BCUT2D eigenvalue weighted by Gasteiger charge is 2.22. The van der Waals surface area contributed by atoms with E-state index in [0.717, 1.165) is 37.6 Å². The van der Waals surface area contributed by atoms with E-state index in [4.69, 9.17) is 4.74 Å². The number of nitrogens with one attached hydrogen (secondary N) is 1. The quantitative estimate of drug-likeness (QED) is 0.918. The number of ether oxygens (including phenoxy) is 1. The van der Waals surface area contributed by atoms with Crippen LogP contribution in [0.3, 0.4) is 0 Å². The highest BCUT2D eigenvalue weighted by Crippen LogP contribution is 2.30. The Labute approximate surface area is 121 Å². The zero-order valence-corrected chi connectivity index (χ0v) is 12.5. The van der Waals surface area contributed by atoms with Crippen molar-refractivity contribution in [1.29, 1.82) is 0 Å². The third-order valence-corrected chi connectivity index (χ3v) is 4.61. The predicted molar refractivity (Wildman–Crippen MR) is 77.6 cm³/mol. The molecule has 1 aromatic rings. The van der Waals surface area contributed by atoms with Gasteiger partial charge in [0.1, 0.15) is 12.4 Å². The second kappa shape index (κ2) is 6.68. The van der Waals surface area contributed by atoms with E-state index < -0.39 is 0 Å². The molecule has 0 radical (unpaired) electrons. The smallest absolute Gasteiger partial charge is 0.159 e. The highest BCUT2D eigenvalue weighted by atomic mass is 16.5. The van der Waals surface area contributed by atoms with Crippen molar-refractivity contribution < 1.29 is 4.74 Å². The SMILES string of the molecule is Cc1nnc(COC2CCNCC2)n1C1CCCCC1. The molecule has 1 saturated heterocycles. The van der Waals surface area contributed by atoms with Crippen molar-refractivity contribution in [1.82, 2.24) is 20.1 Å². The van der Waals surface area contributed by atoms with Crippen LogP contribution in [0, 0.1) is 6.92 Å². The molecule has 0 atom stereocenters. The lowest BCUT2D eigenvalue weighted by Gasteiger charge is -2.26. The molecule has 0 aromatic carbocycles. The minimum absolute atomic E-state index is 0.382. The Bertz CT molecular complexity index is 420. The van der Waals surface area contributed by atoms with E-state index in [0.29, 0.717) is 18.8 Å². The van der Waals surface area contributed by atoms with Crippen LogP contribution in [0.25, 0.3) is 0 Å². The van der Waals surface area contributed by atoms with Crippen LogP contribution < -0.4 is 5.32 Å². The summed E-state index contributed by atoms with van der Waals surface area (Å²) in [7, 11) is 0. The maximum Gasteiger partial charge on any atom is 0.159 e. The predicted octanol–water partition coefficient (Wildman–Crippen LogP) is 2.36. The first kappa shape index (κ1) is 14.0. The molecule has 3 rings (SSSR count). The normalized spacial score (nSPS) is 22.2. The first-order valence-electron chi connectivity index (χ1n) is 8.07. The van der Waals surface area contributed by atoms with Crippen molar-refractivity contribution in [3.05, 3.63) is 11.6 Å². The van der Waals surface area contributed by atoms with Crippen LogP contribution in [0.1, 0.15) is 62.6 Å². The molecule has 20 heavy (non-hydrogen) atoms. The summed E-state index contributed by atoms with van der Waals surface area (Å²) in [6.45, 7) is 4.82. The van der Waals surface area contributed by atoms with Gasteiger partial charge in [0.15, 0.2) is 5.82 Å². The summed E-state index contributed by atoms with van der Waals surface area (Å²) in [5.74, 6) is 2.06. The van der Waals surface area contributed by atoms with Gasteiger partial charge in [0.25, 0.3) is 0 Å². The average Bonchev–Trinajstić information content (AvgIpc) is 2.88. The summed E-state index contributed by atoms with van der Waals surface area (Å²) in [5.41, 5.74) is 0. The first-order chi connectivity index (χ1) is 9.84. The highest BCUT2D eigenvalue weighted by molar-refractivity contribution is 4.97. The Morgan fingerprint density at radius 1 is 1.10 bits per heavy atom. The number of nitrogens with zero attached hydrogens (tertiary/aromatic N) is 3. The van der Waals surface area contributed by atoms with Crippen molar-refractivity contribution in [2.24, 2.45) is 0 Å². The van der Waals surface area contributed by atoms with Gasteiger partial charge in [-0.25, -0.2) is 0 Å². The second-order valence-electron chi connectivity index (χ2n) is 6.09. The van der Waals surface area contributed by atoms with Crippen LogP contribution in [-0.4, -0.2) is 34.0 Å². The van der Waals surface area contributed by atoms with Gasteiger partial charge >= 0.3 is 0 Å². The van der Waals surface area contributed by atoms with E-state index in [1.807, 2.05) is 0 Å². The van der Waals surface area contributed by atoms with Gasteiger partial charge in [0.2, 0.25) is 0 Å².